The first-order chi connectivity index (χ1) is 16.1. The molecule has 2 aromatic rings. The van der Waals surface area contributed by atoms with E-state index in [4.69, 9.17) is 9.47 Å². The van der Waals surface area contributed by atoms with Crippen LogP contribution in [0.5, 0.6) is 5.75 Å². The third-order valence-electron chi connectivity index (χ3n) is 7.57. The Bertz CT molecular complexity index is 979. The summed E-state index contributed by atoms with van der Waals surface area (Å²) < 4.78 is 11.1. The summed E-state index contributed by atoms with van der Waals surface area (Å²) in [5.74, 6) is 1.25. The van der Waals surface area contributed by atoms with E-state index in [1.54, 1.807) is 0 Å². The van der Waals surface area contributed by atoms with Gasteiger partial charge in [0.2, 0.25) is 5.91 Å². The molecule has 0 N–H and O–H groups in total. The lowest BCUT2D eigenvalue weighted by Gasteiger charge is -2.40. The number of para-hydroxylation sites is 1. The van der Waals surface area contributed by atoms with Crippen LogP contribution in [0.1, 0.15) is 42.7 Å². The van der Waals surface area contributed by atoms with Crippen molar-refractivity contribution in [2.75, 3.05) is 46.0 Å². The van der Waals surface area contributed by atoms with E-state index >= 15 is 0 Å². The summed E-state index contributed by atoms with van der Waals surface area (Å²) in [6, 6.07) is 18.1. The van der Waals surface area contributed by atoms with E-state index in [1.165, 1.54) is 11.1 Å². The molecule has 174 valence electrons. The number of benzene rings is 2. The fourth-order valence-electron chi connectivity index (χ4n) is 5.77. The van der Waals surface area contributed by atoms with E-state index in [0.717, 1.165) is 38.1 Å². The fourth-order valence-corrected chi connectivity index (χ4v) is 5.77. The van der Waals surface area contributed by atoms with Crippen LogP contribution in [-0.2, 0) is 19.7 Å². The van der Waals surface area contributed by atoms with Gasteiger partial charge in [0.05, 0.1) is 13.2 Å². The summed E-state index contributed by atoms with van der Waals surface area (Å²) in [6.45, 7) is 4.19. The minimum Gasteiger partial charge on any atom is -0.484 e. The molecule has 3 aliphatic rings. The monoisotopic (exact) mass is 448 g/mol. The highest BCUT2D eigenvalue weighted by Crippen LogP contribution is 2.52. The Morgan fingerprint density at radius 2 is 1.55 bits per heavy atom. The lowest BCUT2D eigenvalue weighted by molar-refractivity contribution is -0.135. The smallest absolute Gasteiger partial charge is 0.260 e. The Morgan fingerprint density at radius 1 is 0.879 bits per heavy atom. The normalized spacial score (nSPS) is 21.6. The summed E-state index contributed by atoms with van der Waals surface area (Å²) in [4.78, 5) is 29.6. The minimum absolute atomic E-state index is 0.0408. The van der Waals surface area contributed by atoms with E-state index in [1.807, 2.05) is 40.1 Å². The summed E-state index contributed by atoms with van der Waals surface area (Å²) in [6.07, 6.45) is 3.42. The first kappa shape index (κ1) is 22.0. The summed E-state index contributed by atoms with van der Waals surface area (Å²) in [5, 5.41) is 0. The Hall–Kier alpha value is -2.86. The molecular weight excluding hydrogens is 416 g/mol. The van der Waals surface area contributed by atoms with Crippen molar-refractivity contribution in [2.45, 2.75) is 37.0 Å². The van der Waals surface area contributed by atoms with E-state index in [2.05, 4.69) is 24.3 Å². The third-order valence-corrected chi connectivity index (χ3v) is 7.57. The number of amides is 2. The molecule has 1 spiro atoms. The largest absolute Gasteiger partial charge is 0.484 e. The fraction of sp³-hybridized carbons (Fsp3) is 0.481. The molecule has 0 unspecified atom stereocenters. The standard InChI is InChI=1S/C27H32N2O4/c30-25(29-14-16-32-17-15-29)18-21-19-27(24-9-5-4-8-23(21)24)10-12-28(13-11-27)26(31)20-33-22-6-2-1-3-7-22/h1-9,21H,10-20H2/t21-/m0/s1. The minimum atomic E-state index is 0.0408. The molecule has 2 amide bonds. The number of ether oxygens (including phenoxy) is 2. The topological polar surface area (TPSA) is 59.1 Å². The van der Waals surface area contributed by atoms with Crippen LogP contribution in [0, 0.1) is 0 Å². The van der Waals surface area contributed by atoms with Crippen LogP contribution in [0.3, 0.4) is 0 Å². The molecule has 2 fully saturated rings. The Kier molecular flexibility index (Phi) is 6.36. The van der Waals surface area contributed by atoms with Gasteiger partial charge in [-0.3, -0.25) is 9.59 Å². The first-order valence-electron chi connectivity index (χ1n) is 12.1. The molecule has 0 radical (unpaired) electrons. The number of morpholine rings is 1. The number of rotatable bonds is 5. The van der Waals surface area contributed by atoms with Crippen molar-refractivity contribution in [1.82, 2.24) is 9.80 Å². The Labute approximate surface area is 195 Å². The van der Waals surface area contributed by atoms with Crippen molar-refractivity contribution in [3.8, 4) is 5.75 Å². The summed E-state index contributed by atoms with van der Waals surface area (Å²) in [7, 11) is 0. The van der Waals surface area contributed by atoms with Gasteiger partial charge in [-0.2, -0.15) is 0 Å². The number of nitrogens with zero attached hydrogens (tertiary/aromatic N) is 2. The van der Waals surface area contributed by atoms with Gasteiger partial charge < -0.3 is 19.3 Å². The Morgan fingerprint density at radius 3 is 2.30 bits per heavy atom. The average molecular weight is 449 g/mol. The van der Waals surface area contributed by atoms with Crippen molar-refractivity contribution >= 4 is 11.8 Å². The zero-order valence-corrected chi connectivity index (χ0v) is 19.1. The second kappa shape index (κ2) is 9.56. The third kappa shape index (κ3) is 4.62. The van der Waals surface area contributed by atoms with Crippen molar-refractivity contribution in [3.63, 3.8) is 0 Å². The average Bonchev–Trinajstić information content (AvgIpc) is 3.17. The second-order valence-electron chi connectivity index (χ2n) is 9.45. The molecule has 33 heavy (non-hydrogen) atoms. The predicted octanol–water partition coefficient (Wildman–Crippen LogP) is 3.36. The van der Waals surface area contributed by atoms with Crippen LogP contribution in [0.2, 0.25) is 0 Å². The van der Waals surface area contributed by atoms with Crippen LogP contribution in [-0.4, -0.2) is 67.6 Å². The molecule has 6 nitrogen and oxygen atoms in total. The van der Waals surface area contributed by atoms with E-state index in [9.17, 15) is 9.59 Å². The van der Waals surface area contributed by atoms with Crippen LogP contribution >= 0.6 is 0 Å². The second-order valence-corrected chi connectivity index (χ2v) is 9.45. The number of carbonyl (C=O) groups excluding carboxylic acids is 2. The zero-order valence-electron chi connectivity index (χ0n) is 19.1. The lowest BCUT2D eigenvalue weighted by atomic mass is 9.73. The van der Waals surface area contributed by atoms with Crippen LogP contribution in [0.15, 0.2) is 54.6 Å². The molecule has 2 aromatic carbocycles. The van der Waals surface area contributed by atoms with Crippen LogP contribution in [0.25, 0.3) is 0 Å². The number of hydrogen-bond acceptors (Lipinski definition) is 4. The molecule has 1 aliphatic carbocycles. The van der Waals surface area contributed by atoms with Gasteiger partial charge in [0, 0.05) is 32.6 Å². The molecule has 2 saturated heterocycles. The highest BCUT2D eigenvalue weighted by Gasteiger charge is 2.46. The van der Waals surface area contributed by atoms with Gasteiger partial charge in [0.15, 0.2) is 6.61 Å². The molecule has 2 aliphatic heterocycles. The van der Waals surface area contributed by atoms with E-state index in [0.29, 0.717) is 32.7 Å². The molecule has 0 aromatic heterocycles. The quantitative estimate of drug-likeness (QED) is 0.704. The molecular formula is C27H32N2O4. The SMILES string of the molecule is O=C(COc1ccccc1)N1CCC2(CC1)C[C@H](CC(=O)N1CCOCC1)c1ccccc12. The van der Waals surface area contributed by atoms with Crippen LogP contribution in [0.4, 0.5) is 0 Å². The van der Waals surface area contributed by atoms with Crippen molar-refractivity contribution < 1.29 is 19.1 Å². The molecule has 6 heteroatoms. The number of piperidine rings is 1. The number of hydrogen-bond donors (Lipinski definition) is 0. The highest BCUT2D eigenvalue weighted by atomic mass is 16.5. The van der Waals surface area contributed by atoms with E-state index in [-0.39, 0.29) is 29.8 Å². The number of fused-ring (bicyclic) bond motifs is 2. The van der Waals surface area contributed by atoms with Gasteiger partial charge in [-0.05, 0) is 53.9 Å². The zero-order chi connectivity index (χ0) is 22.7. The predicted molar refractivity (Wildman–Crippen MR) is 125 cm³/mol. The van der Waals surface area contributed by atoms with Gasteiger partial charge in [-0.1, -0.05) is 42.5 Å². The molecule has 5 rings (SSSR count). The van der Waals surface area contributed by atoms with Gasteiger partial charge in [0.1, 0.15) is 5.75 Å². The molecule has 0 bridgehead atoms. The van der Waals surface area contributed by atoms with Gasteiger partial charge >= 0.3 is 0 Å². The maximum absolute atomic E-state index is 13.0. The maximum Gasteiger partial charge on any atom is 0.260 e. The Balaban J connectivity index is 1.22. The van der Waals surface area contributed by atoms with Crippen molar-refractivity contribution in [2.24, 2.45) is 0 Å². The van der Waals surface area contributed by atoms with Crippen molar-refractivity contribution in [1.29, 1.82) is 0 Å². The maximum atomic E-state index is 13.0. The van der Waals surface area contributed by atoms with Gasteiger partial charge in [0.25, 0.3) is 5.91 Å². The summed E-state index contributed by atoms with van der Waals surface area (Å²) in [5.41, 5.74) is 2.77. The lowest BCUT2D eigenvalue weighted by Crippen LogP contribution is -2.46. The van der Waals surface area contributed by atoms with E-state index < -0.39 is 0 Å². The van der Waals surface area contributed by atoms with Crippen LogP contribution < -0.4 is 4.74 Å². The molecule has 2 heterocycles. The van der Waals surface area contributed by atoms with Crippen molar-refractivity contribution in [3.05, 3.63) is 65.7 Å². The van der Waals surface area contributed by atoms with Gasteiger partial charge in [-0.25, -0.2) is 0 Å². The molecule has 0 saturated carbocycles. The first-order valence-corrected chi connectivity index (χ1v) is 12.1. The highest BCUT2D eigenvalue weighted by molar-refractivity contribution is 5.78. The number of carbonyl (C=O) groups is 2. The van der Waals surface area contributed by atoms with Gasteiger partial charge in [-0.15, -0.1) is 0 Å². The number of likely N-dealkylation sites (tertiary alicyclic amines) is 1. The molecule has 1 atom stereocenters. The summed E-state index contributed by atoms with van der Waals surface area (Å²) >= 11 is 0.